The van der Waals surface area contributed by atoms with E-state index in [4.69, 9.17) is 16.3 Å². The number of hydrogen-bond acceptors (Lipinski definition) is 7. The fourth-order valence-corrected chi connectivity index (χ4v) is 3.52. The topological polar surface area (TPSA) is 122 Å². The lowest BCUT2D eigenvalue weighted by molar-refractivity contribution is 0.168. The third kappa shape index (κ3) is 9.09. The molecule has 1 rings (SSSR count). The summed E-state index contributed by atoms with van der Waals surface area (Å²) in [5.74, 6) is -0.338. The second-order valence-corrected chi connectivity index (χ2v) is 10.7. The normalized spacial score (nSPS) is 11.9. The third-order valence-corrected chi connectivity index (χ3v) is 6.58. The molecule has 0 radical (unpaired) electrons. The molecule has 2 N–H and O–H groups in total. The summed E-state index contributed by atoms with van der Waals surface area (Å²) in [5.41, 5.74) is 2.18. The van der Waals surface area contributed by atoms with Gasteiger partial charge in [0.2, 0.25) is 10.0 Å². The highest BCUT2D eigenvalue weighted by molar-refractivity contribution is 7.92. The molecule has 0 saturated heterocycles. The van der Waals surface area contributed by atoms with E-state index in [1.165, 1.54) is 0 Å². The molecule has 9 nitrogen and oxygen atoms in total. The van der Waals surface area contributed by atoms with Crippen LogP contribution in [-0.2, 0) is 24.6 Å². The van der Waals surface area contributed by atoms with Crippen molar-refractivity contribution in [2.24, 2.45) is 0 Å². The van der Waals surface area contributed by atoms with E-state index in [0.717, 1.165) is 17.5 Å². The highest BCUT2D eigenvalue weighted by Crippen LogP contribution is 2.22. The number of sulfone groups is 1. The quantitative estimate of drug-likeness (QED) is 0.485. The van der Waals surface area contributed by atoms with E-state index in [9.17, 15) is 21.6 Å². The number of benzene rings is 1. The van der Waals surface area contributed by atoms with Gasteiger partial charge in [0.25, 0.3) is 0 Å². The Morgan fingerprint density at radius 1 is 1.25 bits per heavy atom. The van der Waals surface area contributed by atoms with Gasteiger partial charge in [-0.05, 0) is 37.6 Å². The smallest absolute Gasteiger partial charge is 0.411 e. The number of halogens is 1. The fraction of sp³-hybridized carbons (Fsp3) is 0.562. The van der Waals surface area contributed by atoms with Crippen molar-refractivity contribution in [2.75, 3.05) is 53.7 Å². The van der Waals surface area contributed by atoms with Crippen molar-refractivity contribution in [1.82, 2.24) is 4.72 Å². The molecular weight excluding hydrogens is 430 g/mol. The van der Waals surface area contributed by atoms with E-state index in [1.807, 2.05) is 17.9 Å². The average Bonchev–Trinajstić information content (AvgIpc) is 2.59. The number of nitrogens with zero attached hydrogens (tertiary/aromatic N) is 1. The molecule has 12 heteroatoms. The Bertz CT molecular complexity index is 874. The summed E-state index contributed by atoms with van der Waals surface area (Å²) in [5, 5.41) is 2.04. The molecule has 0 spiro atoms. The Morgan fingerprint density at radius 3 is 2.46 bits per heavy atom. The maximum absolute atomic E-state index is 11.8. The van der Waals surface area contributed by atoms with Gasteiger partial charge < -0.3 is 9.64 Å². The van der Waals surface area contributed by atoms with Gasteiger partial charge in [0.15, 0.2) is 9.84 Å². The number of nitrogens with one attached hydrogen (secondary N) is 2. The number of amides is 1. The second-order valence-electron chi connectivity index (χ2n) is 6.06. The lowest BCUT2D eigenvalue weighted by Gasteiger charge is -2.24. The zero-order valence-electron chi connectivity index (χ0n) is 16.1. The van der Waals surface area contributed by atoms with Gasteiger partial charge in [-0.25, -0.2) is 26.4 Å². The molecule has 0 bridgehead atoms. The monoisotopic (exact) mass is 455 g/mol. The first-order valence-corrected chi connectivity index (χ1v) is 12.7. The number of sulfonamides is 1. The molecule has 0 aliphatic heterocycles. The van der Waals surface area contributed by atoms with Crippen LogP contribution >= 0.6 is 11.6 Å². The molecule has 0 aliphatic rings. The first-order chi connectivity index (χ1) is 13.0. The van der Waals surface area contributed by atoms with Gasteiger partial charge >= 0.3 is 6.09 Å². The Kier molecular flexibility index (Phi) is 9.48. The predicted molar refractivity (Wildman–Crippen MR) is 111 cm³/mol. The van der Waals surface area contributed by atoms with Crippen LogP contribution in [0.4, 0.5) is 16.2 Å². The molecule has 1 amide bonds. The summed E-state index contributed by atoms with van der Waals surface area (Å²) < 4.78 is 52.2. The molecule has 160 valence electrons. The van der Waals surface area contributed by atoms with Gasteiger partial charge in [0.05, 0.1) is 12.0 Å². The molecule has 0 atom stereocenters. The van der Waals surface area contributed by atoms with Crippen molar-refractivity contribution in [2.45, 2.75) is 13.8 Å². The van der Waals surface area contributed by atoms with Gasteiger partial charge in [-0.2, -0.15) is 0 Å². The summed E-state index contributed by atoms with van der Waals surface area (Å²) in [6.07, 6.45) is 0.350. The number of hydrogen-bond donors (Lipinski definition) is 2. The molecule has 0 saturated carbocycles. The van der Waals surface area contributed by atoms with Crippen LogP contribution in [0.1, 0.15) is 12.5 Å². The number of rotatable bonds is 11. The summed E-state index contributed by atoms with van der Waals surface area (Å²) in [4.78, 5) is 13.8. The number of carbonyl (C=O) groups excluding carboxylic acids is 1. The summed E-state index contributed by atoms with van der Waals surface area (Å²) >= 11 is 5.28. The van der Waals surface area contributed by atoms with Crippen molar-refractivity contribution >= 4 is 48.9 Å². The zero-order chi connectivity index (χ0) is 21.4. The number of alkyl halides is 1. The minimum atomic E-state index is -3.42. The lowest BCUT2D eigenvalue weighted by Crippen LogP contribution is -2.34. The Morgan fingerprint density at radius 2 is 1.93 bits per heavy atom. The average molecular weight is 456 g/mol. The number of anilines is 2. The van der Waals surface area contributed by atoms with E-state index in [0.29, 0.717) is 18.8 Å². The maximum Gasteiger partial charge on any atom is 0.411 e. The molecule has 0 unspecified atom stereocenters. The molecule has 0 aliphatic carbocycles. The van der Waals surface area contributed by atoms with Crippen LogP contribution in [-0.4, -0.2) is 66.4 Å². The Hall–Kier alpha value is -1.56. The van der Waals surface area contributed by atoms with Crippen molar-refractivity contribution in [3.05, 3.63) is 23.8 Å². The van der Waals surface area contributed by atoms with Crippen LogP contribution in [0, 0.1) is 6.92 Å². The minimum absolute atomic E-state index is 0.281. The van der Waals surface area contributed by atoms with E-state index >= 15 is 0 Å². The fourth-order valence-electron chi connectivity index (χ4n) is 2.28. The van der Waals surface area contributed by atoms with E-state index in [-0.39, 0.29) is 18.9 Å². The standard InChI is InChI=1S/C16H26ClN3O6S2/c1-4-20(8-7-18-27(3,22)23)14-5-6-15(13(2)11-14)19-16(21)26-9-10-28(24,25)12-17/h5-6,11,18H,4,7-10,12H2,1-3H3,(H,19,21). The van der Waals surface area contributed by atoms with Crippen molar-refractivity contribution in [1.29, 1.82) is 0 Å². The molecule has 0 aromatic heterocycles. The molecule has 0 fully saturated rings. The molecular formula is C16H26ClN3O6S2. The van der Waals surface area contributed by atoms with E-state index in [1.54, 1.807) is 19.1 Å². The molecule has 1 aromatic carbocycles. The number of aryl methyl sites for hydroxylation is 1. The van der Waals surface area contributed by atoms with E-state index < -0.39 is 31.2 Å². The van der Waals surface area contributed by atoms with Gasteiger partial charge in [-0.3, -0.25) is 5.32 Å². The summed E-state index contributed by atoms with van der Waals surface area (Å²) in [6, 6.07) is 5.36. The zero-order valence-corrected chi connectivity index (χ0v) is 18.5. The minimum Gasteiger partial charge on any atom is -0.448 e. The highest BCUT2D eigenvalue weighted by atomic mass is 35.5. The van der Waals surface area contributed by atoms with Crippen LogP contribution in [0.2, 0.25) is 0 Å². The van der Waals surface area contributed by atoms with Gasteiger partial charge in [-0.1, -0.05) is 0 Å². The molecule has 0 heterocycles. The molecule has 1 aromatic rings. The third-order valence-electron chi connectivity index (χ3n) is 3.73. The largest absolute Gasteiger partial charge is 0.448 e. The first kappa shape index (κ1) is 24.5. The Labute approximate surface area is 171 Å². The van der Waals surface area contributed by atoms with Gasteiger partial charge in [0, 0.05) is 31.0 Å². The summed E-state index contributed by atoms with van der Waals surface area (Å²) in [6.45, 7) is 4.92. The SMILES string of the molecule is CCN(CCNS(C)(=O)=O)c1ccc(NC(=O)OCCS(=O)(=O)CCl)c(C)c1. The van der Waals surface area contributed by atoms with E-state index in [2.05, 4.69) is 10.0 Å². The highest BCUT2D eigenvalue weighted by Gasteiger charge is 2.13. The second kappa shape index (κ2) is 10.8. The van der Waals surface area contributed by atoms with Crippen molar-refractivity contribution in [3.8, 4) is 0 Å². The van der Waals surface area contributed by atoms with Crippen LogP contribution in [0.25, 0.3) is 0 Å². The number of ether oxygens (including phenoxy) is 1. The van der Waals surface area contributed by atoms with Crippen LogP contribution in [0.3, 0.4) is 0 Å². The maximum atomic E-state index is 11.8. The summed E-state index contributed by atoms with van der Waals surface area (Å²) in [7, 11) is -6.66. The van der Waals surface area contributed by atoms with Crippen LogP contribution in [0.15, 0.2) is 18.2 Å². The van der Waals surface area contributed by atoms with Crippen LogP contribution in [0.5, 0.6) is 0 Å². The van der Waals surface area contributed by atoms with Gasteiger partial charge in [-0.15, -0.1) is 11.6 Å². The first-order valence-electron chi connectivity index (χ1n) is 8.48. The molecule has 28 heavy (non-hydrogen) atoms. The van der Waals surface area contributed by atoms with Crippen molar-refractivity contribution < 1.29 is 26.4 Å². The number of carbonyl (C=O) groups is 1. The lowest BCUT2D eigenvalue weighted by atomic mass is 10.1. The predicted octanol–water partition coefficient (Wildman–Crippen LogP) is 1.53. The number of likely N-dealkylation sites (N-methyl/N-ethyl adjacent to an activating group) is 1. The van der Waals surface area contributed by atoms with Crippen LogP contribution < -0.4 is 14.9 Å². The van der Waals surface area contributed by atoms with Gasteiger partial charge in [0.1, 0.15) is 11.8 Å². The Balaban J connectivity index is 2.66. The van der Waals surface area contributed by atoms with Crippen molar-refractivity contribution in [3.63, 3.8) is 0 Å².